The van der Waals surface area contributed by atoms with Crippen LogP contribution in [0.25, 0.3) is 0 Å². The van der Waals surface area contributed by atoms with E-state index in [1.165, 1.54) is 24.3 Å². The Morgan fingerprint density at radius 1 is 1.14 bits per heavy atom. The summed E-state index contributed by atoms with van der Waals surface area (Å²) in [5.74, 6) is -0.987. The van der Waals surface area contributed by atoms with Crippen molar-refractivity contribution in [1.82, 2.24) is 10.2 Å². The van der Waals surface area contributed by atoms with Gasteiger partial charge in [-0.05, 0) is 48.2 Å². The summed E-state index contributed by atoms with van der Waals surface area (Å²) >= 11 is 0. The van der Waals surface area contributed by atoms with Crippen LogP contribution in [0.15, 0.2) is 53.4 Å². The topological polar surface area (TPSA) is 113 Å². The molecule has 2 aromatic carbocycles. The average Bonchev–Trinajstić information content (AvgIpc) is 3.15. The number of anilines is 1. The van der Waals surface area contributed by atoms with Gasteiger partial charge in [0.05, 0.1) is 4.90 Å². The molecule has 1 aliphatic carbocycles. The fourth-order valence-corrected chi connectivity index (χ4v) is 4.49. The standard InChI is InChI=1S/C20H19N3O5S/c1-29(27,28)15-8-6-14(7-9-15)21-17(24)12-23-18(25)20(22-19(23)26)11-10-13-4-2-3-5-16(13)20/h2-9H,10-12H2,1H3,(H,21,24)(H,22,26)/t20-/m1/s1. The number of amides is 4. The van der Waals surface area contributed by atoms with Crippen LogP contribution in [0.3, 0.4) is 0 Å². The lowest BCUT2D eigenvalue weighted by Gasteiger charge is -2.22. The van der Waals surface area contributed by atoms with E-state index in [0.717, 1.165) is 22.3 Å². The number of nitrogens with one attached hydrogen (secondary N) is 2. The Morgan fingerprint density at radius 3 is 2.52 bits per heavy atom. The molecule has 0 unspecified atom stereocenters. The summed E-state index contributed by atoms with van der Waals surface area (Å²) in [6.45, 7) is -0.428. The molecular weight excluding hydrogens is 394 g/mol. The fourth-order valence-electron chi connectivity index (χ4n) is 3.86. The van der Waals surface area contributed by atoms with E-state index in [2.05, 4.69) is 10.6 Å². The maximum atomic E-state index is 13.0. The molecule has 1 saturated heterocycles. The van der Waals surface area contributed by atoms with Crippen LogP contribution in [-0.2, 0) is 31.4 Å². The third-order valence-corrected chi connectivity index (χ3v) is 6.42. The molecule has 29 heavy (non-hydrogen) atoms. The van der Waals surface area contributed by atoms with Gasteiger partial charge in [0.15, 0.2) is 9.84 Å². The molecule has 0 radical (unpaired) electrons. The zero-order valence-corrected chi connectivity index (χ0v) is 16.5. The lowest BCUT2D eigenvalue weighted by Crippen LogP contribution is -2.42. The molecule has 1 spiro atoms. The van der Waals surface area contributed by atoms with Crippen LogP contribution in [0.4, 0.5) is 10.5 Å². The van der Waals surface area contributed by atoms with Crippen LogP contribution in [-0.4, -0.2) is 44.0 Å². The van der Waals surface area contributed by atoms with E-state index in [9.17, 15) is 22.8 Å². The highest BCUT2D eigenvalue weighted by atomic mass is 32.2. The Balaban J connectivity index is 1.48. The van der Waals surface area contributed by atoms with E-state index in [1.54, 1.807) is 0 Å². The van der Waals surface area contributed by atoms with E-state index < -0.39 is 39.8 Å². The van der Waals surface area contributed by atoms with E-state index in [0.29, 0.717) is 18.5 Å². The predicted molar refractivity (Wildman–Crippen MR) is 105 cm³/mol. The first-order valence-corrected chi connectivity index (χ1v) is 10.9. The molecule has 2 aromatic rings. The van der Waals surface area contributed by atoms with Crippen molar-refractivity contribution < 1.29 is 22.8 Å². The number of hydrogen-bond donors (Lipinski definition) is 2. The largest absolute Gasteiger partial charge is 0.325 e. The summed E-state index contributed by atoms with van der Waals surface area (Å²) in [4.78, 5) is 38.9. The second kappa shape index (κ2) is 6.70. The molecule has 0 aromatic heterocycles. The molecule has 4 rings (SSSR count). The van der Waals surface area contributed by atoms with Crippen molar-refractivity contribution in [3.8, 4) is 0 Å². The molecule has 1 atom stereocenters. The number of hydrogen-bond acceptors (Lipinski definition) is 5. The Labute approximate surface area is 167 Å². The zero-order chi connectivity index (χ0) is 20.8. The maximum Gasteiger partial charge on any atom is 0.325 e. The van der Waals surface area contributed by atoms with E-state index >= 15 is 0 Å². The van der Waals surface area contributed by atoms with Gasteiger partial charge >= 0.3 is 6.03 Å². The van der Waals surface area contributed by atoms with Gasteiger partial charge in [-0.15, -0.1) is 0 Å². The summed E-state index contributed by atoms with van der Waals surface area (Å²) in [6, 6.07) is 12.5. The van der Waals surface area contributed by atoms with Gasteiger partial charge in [0, 0.05) is 11.9 Å². The molecule has 4 amide bonds. The van der Waals surface area contributed by atoms with Crippen LogP contribution in [0, 0.1) is 0 Å². The van der Waals surface area contributed by atoms with Gasteiger partial charge in [-0.3, -0.25) is 14.5 Å². The molecule has 2 aliphatic rings. The molecule has 0 bridgehead atoms. The molecular formula is C20H19N3O5S. The average molecular weight is 413 g/mol. The van der Waals surface area contributed by atoms with Crippen molar-refractivity contribution >= 4 is 33.4 Å². The van der Waals surface area contributed by atoms with Crippen molar-refractivity contribution in [3.05, 3.63) is 59.7 Å². The SMILES string of the molecule is CS(=O)(=O)c1ccc(NC(=O)CN2C(=O)N[C@@]3(CCc4ccccc43)C2=O)cc1. The molecule has 1 heterocycles. The van der Waals surface area contributed by atoms with E-state index in [-0.39, 0.29) is 4.90 Å². The van der Waals surface area contributed by atoms with Crippen molar-refractivity contribution in [3.63, 3.8) is 0 Å². The van der Waals surface area contributed by atoms with Gasteiger partial charge < -0.3 is 10.6 Å². The molecule has 2 N–H and O–H groups in total. The van der Waals surface area contributed by atoms with Crippen LogP contribution < -0.4 is 10.6 Å². The fraction of sp³-hybridized carbons (Fsp3) is 0.250. The lowest BCUT2D eigenvalue weighted by atomic mass is 9.92. The van der Waals surface area contributed by atoms with E-state index in [1.807, 2.05) is 24.3 Å². The molecule has 150 valence electrons. The first kappa shape index (κ1) is 19.1. The lowest BCUT2D eigenvalue weighted by molar-refractivity contribution is -0.134. The van der Waals surface area contributed by atoms with Crippen LogP contribution in [0.1, 0.15) is 17.5 Å². The monoisotopic (exact) mass is 413 g/mol. The number of fused-ring (bicyclic) bond motifs is 2. The number of carbonyl (C=O) groups is 3. The number of aryl methyl sites for hydroxylation is 1. The number of urea groups is 1. The number of imide groups is 1. The normalized spacial score (nSPS) is 20.7. The number of carbonyl (C=O) groups excluding carboxylic acids is 3. The number of sulfone groups is 1. The minimum atomic E-state index is -3.34. The van der Waals surface area contributed by atoms with E-state index in [4.69, 9.17) is 0 Å². The summed E-state index contributed by atoms with van der Waals surface area (Å²) in [7, 11) is -3.34. The minimum Gasteiger partial charge on any atom is -0.325 e. The van der Waals surface area contributed by atoms with Gasteiger partial charge in [0.2, 0.25) is 5.91 Å². The van der Waals surface area contributed by atoms with Gasteiger partial charge in [-0.2, -0.15) is 0 Å². The highest BCUT2D eigenvalue weighted by Gasteiger charge is 2.55. The second-order valence-electron chi connectivity index (χ2n) is 7.23. The third kappa shape index (κ3) is 3.27. The van der Waals surface area contributed by atoms with Crippen molar-refractivity contribution in [2.45, 2.75) is 23.3 Å². The minimum absolute atomic E-state index is 0.131. The Bertz CT molecular complexity index is 1130. The number of benzene rings is 2. The quantitative estimate of drug-likeness (QED) is 0.736. The first-order chi connectivity index (χ1) is 13.7. The molecule has 9 heteroatoms. The molecule has 1 aliphatic heterocycles. The van der Waals surface area contributed by atoms with Gasteiger partial charge in [0.25, 0.3) is 5.91 Å². The van der Waals surface area contributed by atoms with Crippen molar-refractivity contribution in [2.24, 2.45) is 0 Å². The second-order valence-corrected chi connectivity index (χ2v) is 9.24. The highest BCUT2D eigenvalue weighted by molar-refractivity contribution is 7.90. The summed E-state index contributed by atoms with van der Waals surface area (Å²) in [5.41, 5.74) is 1.05. The maximum absolute atomic E-state index is 13.0. The molecule has 1 fully saturated rings. The van der Waals surface area contributed by atoms with Crippen LogP contribution in [0.2, 0.25) is 0 Å². The van der Waals surface area contributed by atoms with Crippen molar-refractivity contribution in [2.75, 3.05) is 18.1 Å². The van der Waals surface area contributed by atoms with Crippen LogP contribution in [0.5, 0.6) is 0 Å². The van der Waals surface area contributed by atoms with Gasteiger partial charge in [-0.1, -0.05) is 24.3 Å². The summed E-state index contributed by atoms with van der Waals surface area (Å²) in [6.07, 6.45) is 2.23. The Morgan fingerprint density at radius 2 is 1.83 bits per heavy atom. The smallest absolute Gasteiger partial charge is 0.325 e. The summed E-state index contributed by atoms with van der Waals surface area (Å²) in [5, 5.41) is 5.35. The molecule has 8 nitrogen and oxygen atoms in total. The summed E-state index contributed by atoms with van der Waals surface area (Å²) < 4.78 is 23.0. The van der Waals surface area contributed by atoms with Crippen molar-refractivity contribution in [1.29, 1.82) is 0 Å². The Kier molecular flexibility index (Phi) is 4.42. The number of rotatable bonds is 4. The first-order valence-electron chi connectivity index (χ1n) is 9.03. The van der Waals surface area contributed by atoms with Crippen LogP contribution >= 0.6 is 0 Å². The van der Waals surface area contributed by atoms with Gasteiger partial charge in [-0.25, -0.2) is 13.2 Å². The zero-order valence-electron chi connectivity index (χ0n) is 15.6. The Hall–Kier alpha value is -3.20. The number of nitrogens with zero attached hydrogens (tertiary/aromatic N) is 1. The highest BCUT2D eigenvalue weighted by Crippen LogP contribution is 2.41. The van der Waals surface area contributed by atoms with Gasteiger partial charge in [0.1, 0.15) is 12.1 Å². The third-order valence-electron chi connectivity index (χ3n) is 5.29. The molecule has 0 saturated carbocycles. The predicted octanol–water partition coefficient (Wildman–Crippen LogP) is 1.42.